The van der Waals surface area contributed by atoms with Crippen LogP contribution in [0.25, 0.3) is 11.8 Å². The molecule has 6 nitrogen and oxygen atoms in total. The second-order valence-electron chi connectivity index (χ2n) is 8.55. The second-order valence-corrected chi connectivity index (χ2v) is 10.4. The van der Waals surface area contributed by atoms with Gasteiger partial charge in [0.2, 0.25) is 5.17 Å². The summed E-state index contributed by atoms with van der Waals surface area (Å²) in [6.45, 7) is 3.92. The number of nitrogens with zero attached hydrogens (tertiary/aromatic N) is 4. The first kappa shape index (κ1) is 22.4. The van der Waals surface area contributed by atoms with Gasteiger partial charge in [-0.25, -0.2) is 0 Å². The lowest BCUT2D eigenvalue weighted by Gasteiger charge is -2.20. The molecule has 1 saturated carbocycles. The van der Waals surface area contributed by atoms with Crippen molar-refractivity contribution in [3.63, 3.8) is 0 Å². The van der Waals surface area contributed by atoms with Gasteiger partial charge in [0.1, 0.15) is 5.04 Å². The van der Waals surface area contributed by atoms with Gasteiger partial charge in [0.15, 0.2) is 5.84 Å². The van der Waals surface area contributed by atoms with Gasteiger partial charge in [-0.1, -0.05) is 42.5 Å². The number of hydrogen-bond acceptors (Lipinski definition) is 4. The summed E-state index contributed by atoms with van der Waals surface area (Å²) in [6, 6.07) is 7.29. The molecule has 33 heavy (non-hydrogen) atoms. The van der Waals surface area contributed by atoms with Crippen LogP contribution in [0.4, 0.5) is 0 Å². The van der Waals surface area contributed by atoms with Crippen molar-refractivity contribution in [3.05, 3.63) is 56.8 Å². The summed E-state index contributed by atoms with van der Waals surface area (Å²) in [7, 11) is 0. The average molecular weight is 500 g/mol. The molecule has 5 rings (SSSR count). The molecule has 3 aliphatic rings. The van der Waals surface area contributed by atoms with E-state index in [4.69, 9.17) is 28.6 Å². The third-order valence-corrected chi connectivity index (χ3v) is 7.97. The fourth-order valence-electron chi connectivity index (χ4n) is 4.64. The normalized spacial score (nSPS) is 20.4. The Morgan fingerprint density at radius 2 is 1.91 bits per heavy atom. The highest BCUT2D eigenvalue weighted by atomic mass is 35.5. The largest absolute Gasteiger partial charge is 0.316 e. The number of aryl methyl sites for hydroxylation is 1. The second kappa shape index (κ2) is 8.78. The van der Waals surface area contributed by atoms with Crippen LogP contribution in [0.3, 0.4) is 0 Å². The van der Waals surface area contributed by atoms with E-state index in [9.17, 15) is 4.79 Å². The number of fused-ring (bicyclic) bond motifs is 1. The Kier molecular flexibility index (Phi) is 5.97. The summed E-state index contributed by atoms with van der Waals surface area (Å²) >= 11 is 14.1. The summed E-state index contributed by atoms with van der Waals surface area (Å²) in [5.41, 5.74) is 3.65. The van der Waals surface area contributed by atoms with Crippen LogP contribution >= 0.6 is 35.0 Å². The smallest absolute Gasteiger partial charge is 0.283 e. The van der Waals surface area contributed by atoms with Crippen molar-refractivity contribution in [2.75, 3.05) is 0 Å². The van der Waals surface area contributed by atoms with Crippen LogP contribution < -0.4 is 0 Å². The molecular weight excluding hydrogens is 477 g/mol. The zero-order chi connectivity index (χ0) is 23.3. The first-order valence-electron chi connectivity index (χ1n) is 11.0. The highest BCUT2D eigenvalue weighted by Gasteiger charge is 2.38. The van der Waals surface area contributed by atoms with Crippen molar-refractivity contribution in [2.24, 2.45) is 16.0 Å². The molecule has 2 aromatic rings. The predicted molar refractivity (Wildman–Crippen MR) is 137 cm³/mol. The molecule has 9 heteroatoms. The van der Waals surface area contributed by atoms with Crippen molar-refractivity contribution in [1.82, 2.24) is 9.58 Å². The third kappa shape index (κ3) is 4.07. The van der Waals surface area contributed by atoms with E-state index >= 15 is 0 Å². The number of rotatable bonds is 3. The molecule has 0 saturated heterocycles. The highest BCUT2D eigenvalue weighted by Crippen LogP contribution is 2.37. The number of hydrogen-bond donors (Lipinski definition) is 1. The minimum Gasteiger partial charge on any atom is -0.316 e. The fraction of sp³-hybridized carbons (Fsp3) is 0.333. The van der Waals surface area contributed by atoms with Crippen molar-refractivity contribution < 1.29 is 4.79 Å². The van der Waals surface area contributed by atoms with E-state index in [1.165, 1.54) is 36.0 Å². The van der Waals surface area contributed by atoms with Gasteiger partial charge in [0.05, 0.1) is 16.3 Å². The molecule has 1 aliphatic carbocycles. The van der Waals surface area contributed by atoms with E-state index < -0.39 is 5.91 Å². The summed E-state index contributed by atoms with van der Waals surface area (Å²) in [6.07, 6.45) is 7.60. The maximum Gasteiger partial charge on any atom is 0.283 e. The van der Waals surface area contributed by atoms with Crippen molar-refractivity contribution in [1.29, 1.82) is 5.41 Å². The predicted octanol–water partition coefficient (Wildman–Crippen LogP) is 6.60. The number of thioether (sulfide) groups is 1. The molecule has 2 aliphatic heterocycles. The monoisotopic (exact) mass is 499 g/mol. The molecule has 1 aromatic heterocycles. The van der Waals surface area contributed by atoms with Crippen LogP contribution in [-0.4, -0.2) is 31.5 Å². The van der Waals surface area contributed by atoms with Gasteiger partial charge in [-0.05, 0) is 74.4 Å². The van der Waals surface area contributed by atoms with Crippen LogP contribution in [0.1, 0.15) is 49.1 Å². The molecule has 1 N–H and O–H groups in total. The SMILES string of the molecule is Cc1cc(/C=C2/C(=N)N3N=C(C4CCCCC4)SC3=NC2=O)c(C)n1-c1cc(Cl)ccc1Cl. The number of nitrogens with one attached hydrogen (secondary N) is 1. The Bertz CT molecular complexity index is 1270. The van der Waals surface area contributed by atoms with Gasteiger partial charge in [0.25, 0.3) is 5.91 Å². The number of halogens is 2. The Morgan fingerprint density at radius 1 is 1.15 bits per heavy atom. The van der Waals surface area contributed by atoms with Gasteiger partial charge in [-0.15, -0.1) is 0 Å². The van der Waals surface area contributed by atoms with Crippen LogP contribution in [0.5, 0.6) is 0 Å². The first-order chi connectivity index (χ1) is 15.8. The summed E-state index contributed by atoms with van der Waals surface area (Å²) in [5.74, 6) is 0.0482. The minimum atomic E-state index is -0.413. The fourth-order valence-corrected chi connectivity index (χ4v) is 6.07. The van der Waals surface area contributed by atoms with Gasteiger partial charge in [-0.2, -0.15) is 15.1 Å². The number of carbonyl (C=O) groups is 1. The van der Waals surface area contributed by atoms with Gasteiger partial charge < -0.3 is 4.57 Å². The van der Waals surface area contributed by atoms with Gasteiger partial charge >= 0.3 is 0 Å². The molecule has 170 valence electrons. The number of benzene rings is 1. The van der Waals surface area contributed by atoms with E-state index in [0.29, 0.717) is 21.1 Å². The topological polar surface area (TPSA) is 73.8 Å². The number of amides is 1. The van der Waals surface area contributed by atoms with E-state index in [0.717, 1.165) is 40.5 Å². The summed E-state index contributed by atoms with van der Waals surface area (Å²) < 4.78 is 2.00. The van der Waals surface area contributed by atoms with E-state index in [1.54, 1.807) is 18.2 Å². The number of aliphatic imine (C=N–C) groups is 1. The molecule has 0 bridgehead atoms. The van der Waals surface area contributed by atoms with E-state index in [-0.39, 0.29) is 11.4 Å². The Balaban J connectivity index is 1.49. The molecule has 0 atom stereocenters. The number of aromatic nitrogens is 1. The first-order valence-corrected chi connectivity index (χ1v) is 12.5. The zero-order valence-corrected chi connectivity index (χ0v) is 20.7. The Hall–Kier alpha value is -2.35. The van der Waals surface area contributed by atoms with Crippen LogP contribution in [0.15, 0.2) is 39.9 Å². The van der Waals surface area contributed by atoms with Crippen molar-refractivity contribution in [3.8, 4) is 5.69 Å². The lowest BCUT2D eigenvalue weighted by Crippen LogP contribution is -2.35. The summed E-state index contributed by atoms with van der Waals surface area (Å²) in [4.78, 5) is 17.1. The molecular formula is C24H23Cl2N5OS. The van der Waals surface area contributed by atoms with Gasteiger partial charge in [0, 0.05) is 22.3 Å². The van der Waals surface area contributed by atoms with Crippen molar-refractivity contribution in [2.45, 2.75) is 46.0 Å². The molecule has 1 aromatic carbocycles. The molecule has 0 spiro atoms. The Morgan fingerprint density at radius 3 is 2.67 bits per heavy atom. The third-order valence-electron chi connectivity index (χ3n) is 6.34. The lowest BCUT2D eigenvalue weighted by atomic mass is 9.90. The molecule has 0 unspecified atom stereocenters. The number of amidine groups is 2. The average Bonchev–Trinajstić information content (AvgIpc) is 3.34. The lowest BCUT2D eigenvalue weighted by molar-refractivity contribution is -0.114. The Labute approximate surface area is 206 Å². The van der Waals surface area contributed by atoms with Crippen molar-refractivity contribution >= 4 is 63.0 Å². The maximum atomic E-state index is 12.9. The maximum absolute atomic E-state index is 12.9. The standard InChI is InChI=1S/C24H23Cl2N5OS/c1-13-10-16(14(2)30(13)20-12-17(25)8-9-19(20)26)11-18-21(27)31-24(28-22(18)32)33-23(29-31)15-6-4-3-5-7-15/h8-12,15,27H,3-7H2,1-2H3/b18-11-,27-21?. The highest BCUT2D eigenvalue weighted by molar-refractivity contribution is 8.27. The van der Waals surface area contributed by atoms with E-state index in [1.807, 2.05) is 30.5 Å². The number of carbonyl (C=O) groups excluding carboxylic acids is 1. The van der Waals surface area contributed by atoms with Crippen LogP contribution in [0.2, 0.25) is 10.0 Å². The van der Waals surface area contributed by atoms with Crippen LogP contribution in [0, 0.1) is 25.2 Å². The quantitative estimate of drug-likeness (QED) is 0.483. The molecule has 3 heterocycles. The summed E-state index contributed by atoms with van der Waals surface area (Å²) in [5, 5.41) is 17.5. The molecule has 1 amide bonds. The van der Waals surface area contributed by atoms with Gasteiger partial charge in [-0.3, -0.25) is 10.2 Å². The number of hydrazone groups is 1. The minimum absolute atomic E-state index is 0.0638. The zero-order valence-electron chi connectivity index (χ0n) is 18.4. The molecule has 1 fully saturated rings. The molecule has 0 radical (unpaired) electrons. The van der Waals surface area contributed by atoms with E-state index in [2.05, 4.69) is 10.1 Å². The van der Waals surface area contributed by atoms with Crippen LogP contribution in [-0.2, 0) is 4.79 Å².